The molecule has 0 fully saturated rings. The molecule has 150 valence electrons. The van der Waals surface area contributed by atoms with Gasteiger partial charge >= 0.3 is 0 Å². The Labute approximate surface area is 176 Å². The number of hydrogen-bond donors (Lipinski definition) is 1. The van der Waals surface area contributed by atoms with Gasteiger partial charge in [0.05, 0.1) is 0 Å². The van der Waals surface area contributed by atoms with E-state index in [0.717, 1.165) is 28.4 Å². The molecule has 0 heterocycles. The zero-order valence-corrected chi connectivity index (χ0v) is 17.6. The molecule has 4 nitrogen and oxygen atoms in total. The molecule has 0 aliphatic rings. The summed E-state index contributed by atoms with van der Waals surface area (Å²) in [5.41, 5.74) is 1.73. The fraction of sp³-hybridized carbons (Fsp3) is 0.208. The minimum atomic E-state index is -0.338. The molecule has 0 bridgehead atoms. The van der Waals surface area contributed by atoms with Crippen molar-refractivity contribution in [3.63, 3.8) is 0 Å². The van der Waals surface area contributed by atoms with Gasteiger partial charge in [-0.1, -0.05) is 48.5 Å². The van der Waals surface area contributed by atoms with Crippen LogP contribution in [0.1, 0.15) is 10.8 Å². The molecule has 0 saturated carbocycles. The van der Waals surface area contributed by atoms with Crippen molar-refractivity contribution in [2.45, 2.75) is 10.1 Å². The molecule has 3 aromatic rings. The Morgan fingerprint density at radius 3 is 2.17 bits per heavy atom. The van der Waals surface area contributed by atoms with Gasteiger partial charge in [-0.3, -0.25) is 4.79 Å². The monoisotopic (exact) mass is 406 g/mol. The zero-order chi connectivity index (χ0) is 20.5. The molecule has 1 N–H and O–H groups in total. The Morgan fingerprint density at radius 2 is 1.55 bits per heavy atom. The maximum Gasteiger partial charge on any atom is 0.242 e. The van der Waals surface area contributed by atoms with E-state index in [9.17, 15) is 4.79 Å². The van der Waals surface area contributed by atoms with Crippen LogP contribution >= 0.6 is 11.8 Å². The molecule has 0 spiro atoms. The number of nitrogens with one attached hydrogen (secondary N) is 1. The molecule has 0 saturated heterocycles. The topological polar surface area (TPSA) is 41.6 Å². The first kappa shape index (κ1) is 21.0. The van der Waals surface area contributed by atoms with Crippen molar-refractivity contribution in [1.82, 2.24) is 4.90 Å². The van der Waals surface area contributed by atoms with Gasteiger partial charge in [0.15, 0.2) is 0 Å². The first-order valence-electron chi connectivity index (χ1n) is 9.57. The van der Waals surface area contributed by atoms with Crippen LogP contribution in [-0.2, 0) is 4.79 Å². The molecule has 29 heavy (non-hydrogen) atoms. The molecule has 0 aromatic heterocycles. The van der Waals surface area contributed by atoms with Gasteiger partial charge in [-0.2, -0.15) is 0 Å². The lowest BCUT2D eigenvalue weighted by molar-refractivity contribution is -0.115. The lowest BCUT2D eigenvalue weighted by atomic mass is 10.1. The van der Waals surface area contributed by atoms with E-state index in [4.69, 9.17) is 4.74 Å². The number of hydrogen-bond acceptors (Lipinski definition) is 4. The molecular formula is C24H26N2O2S. The predicted molar refractivity (Wildman–Crippen MR) is 121 cm³/mol. The number of thioether (sulfide) groups is 1. The number of rotatable bonds is 9. The highest BCUT2D eigenvalue weighted by Gasteiger charge is 2.22. The second-order valence-electron chi connectivity index (χ2n) is 6.89. The number of nitrogens with zero attached hydrogens (tertiary/aromatic N) is 1. The highest BCUT2D eigenvalue weighted by atomic mass is 32.2. The fourth-order valence-corrected chi connectivity index (χ4v) is 3.77. The molecule has 0 aliphatic heterocycles. The van der Waals surface area contributed by atoms with Crippen LogP contribution in [0.15, 0.2) is 89.8 Å². The highest BCUT2D eigenvalue weighted by Crippen LogP contribution is 2.36. The Hall–Kier alpha value is -2.76. The van der Waals surface area contributed by atoms with E-state index in [0.29, 0.717) is 6.61 Å². The molecule has 1 unspecified atom stereocenters. The first-order valence-corrected chi connectivity index (χ1v) is 10.4. The third kappa shape index (κ3) is 6.66. The summed E-state index contributed by atoms with van der Waals surface area (Å²) < 4.78 is 5.71. The largest absolute Gasteiger partial charge is 0.492 e. The first-order chi connectivity index (χ1) is 14.1. The van der Waals surface area contributed by atoms with Crippen molar-refractivity contribution in [3.8, 4) is 5.75 Å². The summed E-state index contributed by atoms with van der Waals surface area (Å²) in [6.07, 6.45) is 0. The third-order valence-electron chi connectivity index (χ3n) is 4.27. The maximum atomic E-state index is 13.1. The van der Waals surface area contributed by atoms with E-state index >= 15 is 0 Å². The number of benzene rings is 3. The van der Waals surface area contributed by atoms with Crippen LogP contribution < -0.4 is 10.1 Å². The van der Waals surface area contributed by atoms with Crippen molar-refractivity contribution in [2.24, 2.45) is 0 Å². The number of carbonyl (C=O) groups excluding carboxylic acids is 1. The van der Waals surface area contributed by atoms with E-state index in [1.807, 2.05) is 99.0 Å². The number of ether oxygens (including phenoxy) is 1. The van der Waals surface area contributed by atoms with E-state index in [-0.39, 0.29) is 11.2 Å². The predicted octanol–water partition coefficient (Wildman–Crippen LogP) is 5.10. The lowest BCUT2D eigenvalue weighted by Gasteiger charge is -2.17. The van der Waals surface area contributed by atoms with Crippen LogP contribution in [0, 0.1) is 0 Å². The molecule has 5 heteroatoms. The average molecular weight is 407 g/mol. The van der Waals surface area contributed by atoms with Crippen LogP contribution in [0.4, 0.5) is 5.69 Å². The molecule has 3 aromatic carbocycles. The van der Waals surface area contributed by atoms with Crippen molar-refractivity contribution in [2.75, 3.05) is 32.6 Å². The van der Waals surface area contributed by atoms with Gasteiger partial charge in [-0.25, -0.2) is 0 Å². The minimum Gasteiger partial charge on any atom is -0.492 e. The summed E-state index contributed by atoms with van der Waals surface area (Å²) in [7, 11) is 4.03. The molecule has 0 aliphatic carbocycles. The van der Waals surface area contributed by atoms with Gasteiger partial charge in [0.2, 0.25) is 5.91 Å². The maximum absolute atomic E-state index is 13.1. The molecule has 1 amide bonds. The highest BCUT2D eigenvalue weighted by molar-refractivity contribution is 8.00. The number of amides is 1. The summed E-state index contributed by atoms with van der Waals surface area (Å²) >= 11 is 1.54. The minimum absolute atomic E-state index is 0.0497. The summed E-state index contributed by atoms with van der Waals surface area (Å²) in [5.74, 6) is 0.745. The van der Waals surface area contributed by atoms with Gasteiger partial charge in [0.25, 0.3) is 0 Å². The number of carbonyl (C=O) groups is 1. The summed E-state index contributed by atoms with van der Waals surface area (Å²) in [6, 6.07) is 27.4. The molecule has 0 radical (unpaired) electrons. The van der Waals surface area contributed by atoms with Crippen LogP contribution in [0.2, 0.25) is 0 Å². The Balaban J connectivity index is 1.68. The van der Waals surface area contributed by atoms with Crippen molar-refractivity contribution >= 4 is 23.4 Å². The normalized spacial score (nSPS) is 11.8. The second-order valence-corrected chi connectivity index (χ2v) is 8.07. The Morgan fingerprint density at radius 1 is 0.931 bits per heavy atom. The Kier molecular flexibility index (Phi) is 7.73. The van der Waals surface area contributed by atoms with E-state index in [2.05, 4.69) is 10.2 Å². The summed E-state index contributed by atoms with van der Waals surface area (Å²) in [5, 5.41) is 2.70. The molecule has 1 atom stereocenters. The van der Waals surface area contributed by atoms with Crippen LogP contribution in [0.5, 0.6) is 5.75 Å². The zero-order valence-electron chi connectivity index (χ0n) is 16.7. The van der Waals surface area contributed by atoms with Gasteiger partial charge in [0.1, 0.15) is 17.6 Å². The number of likely N-dealkylation sites (N-methyl/N-ethyl adjacent to an activating group) is 1. The van der Waals surface area contributed by atoms with Gasteiger partial charge < -0.3 is 15.0 Å². The van der Waals surface area contributed by atoms with Crippen molar-refractivity contribution in [3.05, 3.63) is 90.5 Å². The van der Waals surface area contributed by atoms with Gasteiger partial charge in [0, 0.05) is 17.1 Å². The van der Waals surface area contributed by atoms with Gasteiger partial charge in [-0.05, 0) is 56.1 Å². The average Bonchev–Trinajstić information content (AvgIpc) is 2.74. The van der Waals surface area contributed by atoms with Crippen LogP contribution in [0.25, 0.3) is 0 Å². The molecular weight excluding hydrogens is 380 g/mol. The second kappa shape index (κ2) is 10.7. The SMILES string of the molecule is CN(C)CCOc1ccc(NC(=O)C(Sc2ccccc2)c2ccccc2)cc1. The van der Waals surface area contributed by atoms with Crippen molar-refractivity contribution in [1.29, 1.82) is 0 Å². The lowest BCUT2D eigenvalue weighted by Crippen LogP contribution is -2.19. The Bertz CT molecular complexity index is 884. The van der Waals surface area contributed by atoms with Crippen molar-refractivity contribution < 1.29 is 9.53 Å². The standard InChI is InChI=1S/C24H26N2O2S/c1-26(2)17-18-28-21-15-13-20(14-16-21)25-24(27)23(19-9-5-3-6-10-19)29-22-11-7-4-8-12-22/h3-16,23H,17-18H2,1-2H3,(H,25,27). The summed E-state index contributed by atoms with van der Waals surface area (Å²) in [6.45, 7) is 1.48. The van der Waals surface area contributed by atoms with Crippen LogP contribution in [-0.4, -0.2) is 38.1 Å². The van der Waals surface area contributed by atoms with E-state index < -0.39 is 0 Å². The fourth-order valence-electron chi connectivity index (χ4n) is 2.72. The molecule has 3 rings (SSSR count). The summed E-state index contributed by atoms with van der Waals surface area (Å²) in [4.78, 5) is 16.2. The van der Waals surface area contributed by atoms with Crippen LogP contribution in [0.3, 0.4) is 0 Å². The quantitative estimate of drug-likeness (QED) is 0.502. The number of anilines is 1. The van der Waals surface area contributed by atoms with E-state index in [1.54, 1.807) is 11.8 Å². The third-order valence-corrected chi connectivity index (χ3v) is 5.53. The smallest absolute Gasteiger partial charge is 0.242 e. The van der Waals surface area contributed by atoms with Gasteiger partial charge in [-0.15, -0.1) is 11.8 Å². The van der Waals surface area contributed by atoms with E-state index in [1.165, 1.54) is 0 Å².